The summed E-state index contributed by atoms with van der Waals surface area (Å²) in [7, 11) is 0. The zero-order valence-corrected chi connectivity index (χ0v) is 15.7. The van der Waals surface area contributed by atoms with Crippen LogP contribution in [0.15, 0.2) is 48.5 Å². The summed E-state index contributed by atoms with van der Waals surface area (Å²) in [5, 5.41) is 10.1. The molecule has 2 N–H and O–H groups in total. The summed E-state index contributed by atoms with van der Waals surface area (Å²) >= 11 is 0. The summed E-state index contributed by atoms with van der Waals surface area (Å²) in [6.07, 6.45) is 0. The van der Waals surface area contributed by atoms with Gasteiger partial charge in [0, 0.05) is 11.4 Å². The number of carbonyl (C=O) groups excluding carboxylic acids is 2. The zero-order chi connectivity index (χ0) is 19.7. The Hall–Kier alpha value is -3.61. The summed E-state index contributed by atoms with van der Waals surface area (Å²) in [5.74, 6) is 0.128. The number of fused-ring (bicyclic) bond motifs is 1. The number of aromatic nitrogens is 2. The normalized spacial score (nSPS) is 12.7. The summed E-state index contributed by atoms with van der Waals surface area (Å²) in [4.78, 5) is 24.4. The summed E-state index contributed by atoms with van der Waals surface area (Å²) in [6.45, 7) is 4.31. The lowest BCUT2D eigenvalue weighted by molar-refractivity contribution is -0.118. The van der Waals surface area contributed by atoms with Crippen LogP contribution in [0.1, 0.15) is 27.3 Å². The lowest BCUT2D eigenvalue weighted by Gasteiger charge is -2.18. The third-order valence-corrected chi connectivity index (χ3v) is 4.65. The van der Waals surface area contributed by atoms with Gasteiger partial charge in [0.2, 0.25) is 0 Å². The van der Waals surface area contributed by atoms with Gasteiger partial charge >= 0.3 is 0 Å². The lowest BCUT2D eigenvalue weighted by atomic mass is 10.1. The molecule has 0 aliphatic carbocycles. The Balaban J connectivity index is 1.55. The molecule has 0 bridgehead atoms. The maximum absolute atomic E-state index is 12.9. The van der Waals surface area contributed by atoms with Gasteiger partial charge in [-0.1, -0.05) is 30.3 Å². The quantitative estimate of drug-likeness (QED) is 0.733. The first-order chi connectivity index (χ1) is 13.5. The fourth-order valence-electron chi connectivity index (χ4n) is 3.29. The van der Waals surface area contributed by atoms with Crippen LogP contribution in [0.3, 0.4) is 0 Å². The maximum atomic E-state index is 12.9. The average Bonchev–Trinajstić information content (AvgIpc) is 2.95. The minimum absolute atomic E-state index is 0.00229. The first kappa shape index (κ1) is 17.8. The van der Waals surface area contributed by atoms with Crippen molar-refractivity contribution in [3.63, 3.8) is 0 Å². The molecule has 3 aromatic rings. The molecule has 0 spiro atoms. The number of anilines is 2. The Morgan fingerprint density at radius 2 is 2.00 bits per heavy atom. The van der Waals surface area contributed by atoms with Crippen molar-refractivity contribution in [1.82, 2.24) is 9.78 Å². The second-order valence-corrected chi connectivity index (χ2v) is 6.69. The van der Waals surface area contributed by atoms with Crippen LogP contribution < -0.4 is 15.4 Å². The fraction of sp³-hybridized carbons (Fsp3) is 0.190. The third-order valence-electron chi connectivity index (χ3n) is 4.65. The highest BCUT2D eigenvalue weighted by molar-refractivity contribution is 6.06. The van der Waals surface area contributed by atoms with Gasteiger partial charge in [-0.2, -0.15) is 5.10 Å². The van der Waals surface area contributed by atoms with Crippen LogP contribution >= 0.6 is 0 Å². The van der Waals surface area contributed by atoms with Gasteiger partial charge in [0.05, 0.1) is 23.5 Å². The van der Waals surface area contributed by atoms with Crippen molar-refractivity contribution >= 4 is 23.2 Å². The van der Waals surface area contributed by atoms with E-state index in [2.05, 4.69) is 15.7 Å². The van der Waals surface area contributed by atoms with Crippen molar-refractivity contribution in [3.05, 3.63) is 71.0 Å². The van der Waals surface area contributed by atoms with E-state index in [0.717, 1.165) is 11.3 Å². The van der Waals surface area contributed by atoms with Crippen molar-refractivity contribution in [2.45, 2.75) is 20.4 Å². The molecule has 7 nitrogen and oxygen atoms in total. The number of nitrogens with one attached hydrogen (secondary N) is 2. The van der Waals surface area contributed by atoms with Crippen molar-refractivity contribution in [3.8, 4) is 5.75 Å². The van der Waals surface area contributed by atoms with Gasteiger partial charge in [-0.15, -0.1) is 0 Å². The highest BCUT2D eigenvalue weighted by atomic mass is 16.5. The molecule has 0 radical (unpaired) electrons. The second kappa shape index (κ2) is 7.19. The molecular formula is C21H20N4O3. The van der Waals surface area contributed by atoms with E-state index in [9.17, 15) is 9.59 Å². The maximum Gasteiger partial charge on any atom is 0.262 e. The number of carbonyl (C=O) groups is 2. The summed E-state index contributed by atoms with van der Waals surface area (Å²) in [5.41, 5.74) is 4.25. The van der Waals surface area contributed by atoms with Gasteiger partial charge in [0.25, 0.3) is 11.8 Å². The molecule has 2 amide bonds. The van der Waals surface area contributed by atoms with Gasteiger partial charge < -0.3 is 15.4 Å². The van der Waals surface area contributed by atoms with Gasteiger partial charge in [0.15, 0.2) is 6.61 Å². The Kier molecular flexibility index (Phi) is 4.57. The van der Waals surface area contributed by atoms with E-state index in [1.165, 1.54) is 0 Å². The highest BCUT2D eigenvalue weighted by Crippen LogP contribution is 2.30. The van der Waals surface area contributed by atoms with Gasteiger partial charge in [0.1, 0.15) is 5.75 Å². The van der Waals surface area contributed by atoms with Crippen LogP contribution in [-0.2, 0) is 11.3 Å². The standard InChI is InChI=1S/C21H20N4O3/c1-13-20(14(2)25(24-13)11-15-6-4-3-5-7-15)21(27)22-16-8-9-18-17(10-16)23-19(26)12-28-18/h3-10H,11-12H2,1-2H3,(H,22,27)(H,23,26). The molecule has 7 heteroatoms. The van der Waals surface area contributed by atoms with E-state index < -0.39 is 0 Å². The molecule has 28 heavy (non-hydrogen) atoms. The molecule has 2 aromatic carbocycles. The number of ether oxygens (including phenoxy) is 1. The molecule has 1 aromatic heterocycles. The zero-order valence-electron chi connectivity index (χ0n) is 15.7. The topological polar surface area (TPSA) is 85.3 Å². The Morgan fingerprint density at radius 1 is 1.21 bits per heavy atom. The highest BCUT2D eigenvalue weighted by Gasteiger charge is 2.20. The Labute approximate surface area is 162 Å². The number of amides is 2. The first-order valence-electron chi connectivity index (χ1n) is 8.97. The van der Waals surface area contributed by atoms with E-state index in [1.807, 2.05) is 48.9 Å². The molecular weight excluding hydrogens is 356 g/mol. The molecule has 0 fully saturated rings. The molecule has 0 atom stereocenters. The first-order valence-corrected chi connectivity index (χ1v) is 8.97. The number of hydrogen-bond donors (Lipinski definition) is 2. The van der Waals surface area contributed by atoms with Crippen LogP contribution in [0.5, 0.6) is 5.75 Å². The van der Waals surface area contributed by atoms with Crippen molar-refractivity contribution < 1.29 is 14.3 Å². The van der Waals surface area contributed by atoms with Crippen molar-refractivity contribution in [2.24, 2.45) is 0 Å². The van der Waals surface area contributed by atoms with Crippen molar-refractivity contribution in [1.29, 1.82) is 0 Å². The van der Waals surface area contributed by atoms with Gasteiger partial charge in [-0.05, 0) is 37.6 Å². The minimum atomic E-state index is -0.239. The number of nitrogens with zero attached hydrogens (tertiary/aromatic N) is 2. The molecule has 1 aliphatic heterocycles. The van der Waals surface area contributed by atoms with Crippen LogP contribution in [-0.4, -0.2) is 28.2 Å². The van der Waals surface area contributed by atoms with Gasteiger partial charge in [-0.3, -0.25) is 14.3 Å². The molecule has 0 saturated heterocycles. The van der Waals surface area contributed by atoms with Crippen LogP contribution in [0.4, 0.5) is 11.4 Å². The molecule has 0 saturated carbocycles. The van der Waals surface area contributed by atoms with E-state index in [-0.39, 0.29) is 18.4 Å². The van der Waals surface area contributed by atoms with E-state index in [0.29, 0.717) is 34.9 Å². The molecule has 2 heterocycles. The molecule has 4 rings (SSSR count). The smallest absolute Gasteiger partial charge is 0.262 e. The number of rotatable bonds is 4. The third kappa shape index (κ3) is 3.46. The minimum Gasteiger partial charge on any atom is -0.482 e. The monoisotopic (exact) mass is 376 g/mol. The second-order valence-electron chi connectivity index (χ2n) is 6.69. The predicted octanol–water partition coefficient (Wildman–Crippen LogP) is 3.13. The summed E-state index contributed by atoms with van der Waals surface area (Å²) in [6, 6.07) is 15.1. The predicted molar refractivity (Wildman–Crippen MR) is 106 cm³/mol. The van der Waals surface area contributed by atoms with Gasteiger partial charge in [-0.25, -0.2) is 0 Å². The van der Waals surface area contributed by atoms with E-state index in [1.54, 1.807) is 18.2 Å². The van der Waals surface area contributed by atoms with Crippen LogP contribution in [0.2, 0.25) is 0 Å². The van der Waals surface area contributed by atoms with E-state index in [4.69, 9.17) is 4.74 Å². The molecule has 0 unspecified atom stereocenters. The Morgan fingerprint density at radius 3 is 2.79 bits per heavy atom. The number of benzene rings is 2. The van der Waals surface area contributed by atoms with E-state index >= 15 is 0 Å². The average molecular weight is 376 g/mol. The Bertz CT molecular complexity index is 1060. The van der Waals surface area contributed by atoms with Crippen LogP contribution in [0, 0.1) is 13.8 Å². The molecule has 142 valence electrons. The summed E-state index contributed by atoms with van der Waals surface area (Å²) < 4.78 is 7.17. The van der Waals surface area contributed by atoms with Crippen LogP contribution in [0.25, 0.3) is 0 Å². The number of hydrogen-bond acceptors (Lipinski definition) is 4. The SMILES string of the molecule is Cc1nn(Cc2ccccc2)c(C)c1C(=O)Nc1ccc2c(c1)NC(=O)CO2. The fourth-order valence-corrected chi connectivity index (χ4v) is 3.29. The molecule has 1 aliphatic rings. The lowest BCUT2D eigenvalue weighted by Crippen LogP contribution is -2.25. The number of aryl methyl sites for hydroxylation is 1. The van der Waals surface area contributed by atoms with Crippen molar-refractivity contribution in [2.75, 3.05) is 17.2 Å². The largest absolute Gasteiger partial charge is 0.482 e.